The third kappa shape index (κ3) is 5.14. The van der Waals surface area contributed by atoms with Gasteiger partial charge in [-0.1, -0.05) is 26.0 Å². The number of rotatable bonds is 9. The molecule has 0 saturated carbocycles. The van der Waals surface area contributed by atoms with Crippen molar-refractivity contribution in [1.82, 2.24) is 5.32 Å². The van der Waals surface area contributed by atoms with E-state index in [-0.39, 0.29) is 12.5 Å². The molecule has 2 aromatic rings. The van der Waals surface area contributed by atoms with Crippen LogP contribution in [0.25, 0.3) is 11.1 Å². The number of hydrogen-bond donors (Lipinski definition) is 2. The van der Waals surface area contributed by atoms with Crippen molar-refractivity contribution in [3.63, 3.8) is 0 Å². The Labute approximate surface area is 164 Å². The lowest BCUT2D eigenvalue weighted by Crippen LogP contribution is -2.40. The molecule has 0 fully saturated rings. The van der Waals surface area contributed by atoms with E-state index >= 15 is 0 Å². The summed E-state index contributed by atoms with van der Waals surface area (Å²) in [6.07, 6.45) is 0.655. The molecule has 7 heteroatoms. The van der Waals surface area contributed by atoms with Crippen LogP contribution >= 0.6 is 11.3 Å². The predicted molar refractivity (Wildman–Crippen MR) is 108 cm³/mol. The molecule has 1 atom stereocenters. The molecule has 1 amide bonds. The number of amides is 1. The molecule has 0 spiro atoms. The van der Waals surface area contributed by atoms with Crippen molar-refractivity contribution >= 4 is 22.9 Å². The van der Waals surface area contributed by atoms with Crippen LogP contribution < -0.4 is 20.1 Å². The Kier molecular flexibility index (Phi) is 7.50. The number of carbonyl (C=O) groups excluding carboxylic acids is 1. The number of hydrogen-bond acceptors (Lipinski definition) is 6. The molecule has 0 aliphatic rings. The van der Waals surface area contributed by atoms with Gasteiger partial charge in [0.25, 0.3) is 0 Å². The highest BCUT2D eigenvalue weighted by Crippen LogP contribution is 2.42. The number of thiophene rings is 1. The smallest absolute Gasteiger partial charge is 0.243 e. The maximum absolute atomic E-state index is 12.5. The Morgan fingerprint density at radius 1 is 1.22 bits per heavy atom. The molecule has 1 aromatic heterocycles. The highest BCUT2D eigenvalue weighted by Gasteiger charge is 2.22. The highest BCUT2D eigenvalue weighted by atomic mass is 32.1. The van der Waals surface area contributed by atoms with E-state index in [4.69, 9.17) is 14.7 Å². The zero-order valence-electron chi connectivity index (χ0n) is 16.0. The van der Waals surface area contributed by atoms with Crippen LogP contribution in [0.15, 0.2) is 29.0 Å². The van der Waals surface area contributed by atoms with Gasteiger partial charge in [-0.25, -0.2) is 0 Å². The van der Waals surface area contributed by atoms with Crippen LogP contribution in [-0.2, 0) is 4.79 Å². The maximum atomic E-state index is 12.5. The molecule has 0 saturated heterocycles. The number of anilines is 1. The third-order valence-electron chi connectivity index (χ3n) is 4.05. The zero-order chi connectivity index (χ0) is 19.8. The molecule has 2 N–H and O–H groups in total. The van der Waals surface area contributed by atoms with Crippen molar-refractivity contribution in [3.05, 3.63) is 29.0 Å². The van der Waals surface area contributed by atoms with Gasteiger partial charge in [-0.3, -0.25) is 4.79 Å². The Hall–Kier alpha value is -2.72. The molecule has 2 rings (SSSR count). The van der Waals surface area contributed by atoms with Crippen LogP contribution in [0.1, 0.15) is 20.3 Å². The van der Waals surface area contributed by atoms with E-state index in [0.29, 0.717) is 23.8 Å². The maximum Gasteiger partial charge on any atom is 0.243 e. The lowest BCUT2D eigenvalue weighted by atomic mass is 10.0. The summed E-state index contributed by atoms with van der Waals surface area (Å²) in [6, 6.07) is 7.23. The Bertz CT molecular complexity index is 811. The molecule has 144 valence electrons. The van der Waals surface area contributed by atoms with E-state index in [0.717, 1.165) is 16.8 Å². The van der Waals surface area contributed by atoms with Crippen LogP contribution in [0.5, 0.6) is 11.5 Å². The van der Waals surface area contributed by atoms with Gasteiger partial charge in [0, 0.05) is 21.9 Å². The average Bonchev–Trinajstić information content (AvgIpc) is 3.12. The topological polar surface area (TPSA) is 83.4 Å². The van der Waals surface area contributed by atoms with Crippen molar-refractivity contribution < 1.29 is 14.3 Å². The number of nitrogens with zero attached hydrogens (tertiary/aromatic N) is 1. The summed E-state index contributed by atoms with van der Waals surface area (Å²) in [6.45, 7) is 4.12. The molecule has 0 aliphatic heterocycles. The van der Waals surface area contributed by atoms with E-state index in [1.165, 1.54) is 0 Å². The average molecular weight is 388 g/mol. The van der Waals surface area contributed by atoms with Gasteiger partial charge in [-0.2, -0.15) is 5.26 Å². The molecule has 6 nitrogen and oxygen atoms in total. The summed E-state index contributed by atoms with van der Waals surface area (Å²) in [5.74, 6) is 1.44. The van der Waals surface area contributed by atoms with Gasteiger partial charge < -0.3 is 20.1 Å². The molecule has 0 aliphatic carbocycles. The summed E-state index contributed by atoms with van der Waals surface area (Å²) in [4.78, 5) is 12.5. The molecule has 27 heavy (non-hydrogen) atoms. The van der Waals surface area contributed by atoms with E-state index in [1.807, 2.05) is 35.0 Å². The largest absolute Gasteiger partial charge is 0.493 e. The van der Waals surface area contributed by atoms with Gasteiger partial charge in [-0.15, -0.1) is 11.3 Å². The van der Waals surface area contributed by atoms with Crippen LogP contribution in [0.2, 0.25) is 0 Å². The Balaban J connectivity index is 2.35. The number of para-hydroxylation sites is 1. The molecular weight excluding hydrogens is 362 g/mol. The number of benzene rings is 1. The number of nitrogens with one attached hydrogen (secondary N) is 2. The summed E-state index contributed by atoms with van der Waals surface area (Å²) in [5.41, 5.74) is 2.68. The number of methoxy groups -OCH3 is 2. The minimum absolute atomic E-state index is 0.00465. The molecule has 1 aromatic carbocycles. The first-order chi connectivity index (χ1) is 13.0. The van der Waals surface area contributed by atoms with Gasteiger partial charge in [0.2, 0.25) is 5.91 Å². The van der Waals surface area contributed by atoms with Gasteiger partial charge in [-0.05, 0) is 18.4 Å². The SMILES string of the molecule is COc1cccc(-c2cscc2NC(CC(C)C)C(=O)NCC#N)c1OC. The first-order valence-electron chi connectivity index (χ1n) is 8.70. The van der Waals surface area contributed by atoms with Crippen LogP contribution in [-0.4, -0.2) is 32.7 Å². The molecule has 0 bridgehead atoms. The fourth-order valence-electron chi connectivity index (χ4n) is 2.86. The fourth-order valence-corrected chi connectivity index (χ4v) is 3.65. The minimum atomic E-state index is -0.427. The van der Waals surface area contributed by atoms with Crippen molar-refractivity contribution in [2.45, 2.75) is 26.3 Å². The van der Waals surface area contributed by atoms with Crippen LogP contribution in [0.3, 0.4) is 0 Å². The quantitative estimate of drug-likeness (QED) is 0.638. The van der Waals surface area contributed by atoms with Crippen LogP contribution in [0.4, 0.5) is 5.69 Å². The summed E-state index contributed by atoms with van der Waals surface area (Å²) in [7, 11) is 3.21. The lowest BCUT2D eigenvalue weighted by Gasteiger charge is -2.21. The second-order valence-corrected chi connectivity index (χ2v) is 7.19. The first kappa shape index (κ1) is 20.6. The molecule has 1 unspecified atom stereocenters. The number of carbonyl (C=O) groups is 1. The first-order valence-corrected chi connectivity index (χ1v) is 9.64. The highest BCUT2D eigenvalue weighted by molar-refractivity contribution is 7.08. The van der Waals surface area contributed by atoms with Gasteiger partial charge >= 0.3 is 0 Å². The number of ether oxygens (including phenoxy) is 2. The van der Waals surface area contributed by atoms with Crippen LogP contribution in [0, 0.1) is 17.2 Å². The molecule has 0 radical (unpaired) electrons. The van der Waals surface area contributed by atoms with Gasteiger partial charge in [0.05, 0.1) is 26.0 Å². The molecular formula is C20H25N3O3S. The summed E-state index contributed by atoms with van der Waals surface area (Å²) >= 11 is 1.54. The second-order valence-electron chi connectivity index (χ2n) is 6.44. The van der Waals surface area contributed by atoms with Gasteiger partial charge in [0.15, 0.2) is 11.5 Å². The van der Waals surface area contributed by atoms with Crippen molar-refractivity contribution in [1.29, 1.82) is 5.26 Å². The Morgan fingerprint density at radius 2 is 2.00 bits per heavy atom. The minimum Gasteiger partial charge on any atom is -0.493 e. The van der Waals surface area contributed by atoms with Crippen molar-refractivity contribution in [2.24, 2.45) is 5.92 Å². The number of nitriles is 1. The van der Waals surface area contributed by atoms with Gasteiger partial charge in [0.1, 0.15) is 12.6 Å². The van der Waals surface area contributed by atoms with E-state index in [9.17, 15) is 4.79 Å². The standard InChI is InChI=1S/C20H25N3O3S/c1-13(2)10-16(20(24)22-9-8-21)23-17-12-27-11-15(17)14-6-5-7-18(25-3)19(14)26-4/h5-7,11-13,16,23H,9-10H2,1-4H3,(H,22,24). The molecule has 1 heterocycles. The normalized spacial score (nSPS) is 11.6. The zero-order valence-corrected chi connectivity index (χ0v) is 16.9. The Morgan fingerprint density at radius 3 is 2.63 bits per heavy atom. The van der Waals surface area contributed by atoms with E-state index < -0.39 is 6.04 Å². The van der Waals surface area contributed by atoms with Crippen molar-refractivity contribution in [2.75, 3.05) is 26.1 Å². The van der Waals surface area contributed by atoms with E-state index in [1.54, 1.807) is 25.6 Å². The van der Waals surface area contributed by atoms with Crippen molar-refractivity contribution in [3.8, 4) is 28.7 Å². The monoisotopic (exact) mass is 387 g/mol. The summed E-state index contributed by atoms with van der Waals surface area (Å²) in [5, 5.41) is 18.7. The second kappa shape index (κ2) is 9.83. The van der Waals surface area contributed by atoms with E-state index in [2.05, 4.69) is 24.5 Å². The fraction of sp³-hybridized carbons (Fsp3) is 0.400. The third-order valence-corrected chi connectivity index (χ3v) is 4.79. The summed E-state index contributed by atoms with van der Waals surface area (Å²) < 4.78 is 10.9. The lowest BCUT2D eigenvalue weighted by molar-refractivity contribution is -0.121. The predicted octanol–water partition coefficient (Wildman–Crippen LogP) is 3.90.